The molecule has 0 aromatic heterocycles. The number of carbonyl (C=O) groups is 2. The Morgan fingerprint density at radius 2 is 1.36 bits per heavy atom. The molecule has 2 aliphatic rings. The van der Waals surface area contributed by atoms with Gasteiger partial charge in [-0.15, -0.1) is 0 Å². The van der Waals surface area contributed by atoms with Crippen molar-refractivity contribution in [3.63, 3.8) is 0 Å². The van der Waals surface area contributed by atoms with Gasteiger partial charge < -0.3 is 5.32 Å². The quantitative estimate of drug-likeness (QED) is 0.721. The standard InChI is InChI=1S/C24H20N2O2/c27-22-20-16-25-21(17-10-4-1-5-11-17)24(20,18-12-6-2-7-13-18)23(28)26(22)19-14-8-3-9-15-19/h1-15,20-21,25H,16H2/t20-,21+,24+/m0/s1. The predicted octanol–water partition coefficient (Wildman–Crippen LogP) is 3.46. The first-order valence-corrected chi connectivity index (χ1v) is 9.52. The van der Waals surface area contributed by atoms with E-state index >= 15 is 0 Å². The third-order valence-electron chi connectivity index (χ3n) is 6.01. The van der Waals surface area contributed by atoms with Gasteiger partial charge in [-0.05, 0) is 23.3 Å². The van der Waals surface area contributed by atoms with Crippen LogP contribution in [0.5, 0.6) is 0 Å². The Morgan fingerprint density at radius 1 is 0.786 bits per heavy atom. The van der Waals surface area contributed by atoms with E-state index in [9.17, 15) is 9.59 Å². The summed E-state index contributed by atoms with van der Waals surface area (Å²) in [5, 5.41) is 3.48. The minimum Gasteiger partial charge on any atom is -0.308 e. The van der Waals surface area contributed by atoms with Crippen molar-refractivity contribution in [2.45, 2.75) is 11.5 Å². The summed E-state index contributed by atoms with van der Waals surface area (Å²) in [6.07, 6.45) is 0. The van der Waals surface area contributed by atoms with E-state index in [-0.39, 0.29) is 17.9 Å². The highest BCUT2D eigenvalue weighted by Crippen LogP contribution is 2.53. The Bertz CT molecular complexity index is 1020. The minimum atomic E-state index is -0.949. The highest BCUT2D eigenvalue weighted by Gasteiger charge is 2.67. The number of fused-ring (bicyclic) bond motifs is 1. The summed E-state index contributed by atoms with van der Waals surface area (Å²) in [6.45, 7) is 0.475. The molecule has 0 unspecified atom stereocenters. The fourth-order valence-corrected chi connectivity index (χ4v) is 4.81. The highest BCUT2D eigenvalue weighted by molar-refractivity contribution is 6.26. The Hall–Kier alpha value is -3.24. The van der Waals surface area contributed by atoms with Gasteiger partial charge in [0.1, 0.15) is 5.41 Å². The van der Waals surface area contributed by atoms with Crippen molar-refractivity contribution in [1.82, 2.24) is 5.32 Å². The molecule has 3 aromatic rings. The Morgan fingerprint density at radius 3 is 2.00 bits per heavy atom. The molecule has 4 heteroatoms. The lowest BCUT2D eigenvalue weighted by molar-refractivity contribution is -0.123. The van der Waals surface area contributed by atoms with Crippen LogP contribution >= 0.6 is 0 Å². The first-order chi connectivity index (χ1) is 13.7. The second-order valence-corrected chi connectivity index (χ2v) is 7.35. The van der Waals surface area contributed by atoms with Gasteiger partial charge in [-0.3, -0.25) is 9.59 Å². The second kappa shape index (κ2) is 6.43. The van der Waals surface area contributed by atoms with Crippen LogP contribution in [0.25, 0.3) is 0 Å². The molecule has 3 atom stereocenters. The average molecular weight is 368 g/mol. The van der Waals surface area contributed by atoms with E-state index in [1.807, 2.05) is 91.0 Å². The van der Waals surface area contributed by atoms with Gasteiger partial charge in [0.2, 0.25) is 11.8 Å². The molecular weight excluding hydrogens is 348 g/mol. The van der Waals surface area contributed by atoms with Gasteiger partial charge in [0.25, 0.3) is 0 Å². The summed E-state index contributed by atoms with van der Waals surface area (Å²) >= 11 is 0. The number of hydrogen-bond acceptors (Lipinski definition) is 3. The van der Waals surface area contributed by atoms with Crippen LogP contribution < -0.4 is 10.2 Å². The van der Waals surface area contributed by atoms with E-state index in [0.717, 1.165) is 11.1 Å². The molecule has 2 fully saturated rings. The van der Waals surface area contributed by atoms with Gasteiger partial charge in [0.05, 0.1) is 17.6 Å². The number of carbonyl (C=O) groups excluding carboxylic acids is 2. The van der Waals surface area contributed by atoms with Crippen LogP contribution in [0.1, 0.15) is 17.2 Å². The molecule has 3 aromatic carbocycles. The van der Waals surface area contributed by atoms with E-state index in [0.29, 0.717) is 12.2 Å². The van der Waals surface area contributed by atoms with Gasteiger partial charge in [-0.2, -0.15) is 0 Å². The molecule has 0 saturated carbocycles. The fourth-order valence-electron chi connectivity index (χ4n) is 4.81. The van der Waals surface area contributed by atoms with E-state index in [1.165, 1.54) is 4.90 Å². The molecular formula is C24H20N2O2. The number of benzene rings is 3. The first kappa shape index (κ1) is 16.9. The SMILES string of the molecule is O=C1[C@@H]2CN[C@H](c3ccccc3)[C@]2(c2ccccc2)C(=O)N1c1ccccc1. The number of hydrogen-bond donors (Lipinski definition) is 1. The van der Waals surface area contributed by atoms with E-state index in [2.05, 4.69) is 5.32 Å². The Kier molecular flexibility index (Phi) is 3.88. The molecule has 2 amide bonds. The molecule has 5 rings (SSSR count). The number of rotatable bonds is 3. The highest BCUT2D eigenvalue weighted by atomic mass is 16.2. The Labute approximate surface area is 163 Å². The predicted molar refractivity (Wildman–Crippen MR) is 108 cm³/mol. The van der Waals surface area contributed by atoms with Gasteiger partial charge in [0, 0.05) is 6.54 Å². The molecule has 2 heterocycles. The largest absolute Gasteiger partial charge is 0.308 e. The third-order valence-corrected chi connectivity index (χ3v) is 6.01. The first-order valence-electron chi connectivity index (χ1n) is 9.52. The maximum atomic E-state index is 14.0. The topological polar surface area (TPSA) is 49.4 Å². The number of nitrogens with one attached hydrogen (secondary N) is 1. The summed E-state index contributed by atoms with van der Waals surface area (Å²) in [7, 11) is 0. The zero-order valence-electron chi connectivity index (χ0n) is 15.3. The average Bonchev–Trinajstić information content (AvgIpc) is 3.26. The molecule has 2 saturated heterocycles. The number of para-hydroxylation sites is 1. The van der Waals surface area contributed by atoms with Crippen molar-refractivity contribution >= 4 is 17.5 Å². The van der Waals surface area contributed by atoms with Gasteiger partial charge in [-0.1, -0.05) is 78.9 Å². The van der Waals surface area contributed by atoms with E-state index in [4.69, 9.17) is 0 Å². The second-order valence-electron chi connectivity index (χ2n) is 7.35. The van der Waals surface area contributed by atoms with Gasteiger partial charge >= 0.3 is 0 Å². The number of amides is 2. The van der Waals surface area contributed by atoms with Crippen molar-refractivity contribution < 1.29 is 9.59 Å². The van der Waals surface area contributed by atoms with Crippen molar-refractivity contribution in [1.29, 1.82) is 0 Å². The van der Waals surface area contributed by atoms with Gasteiger partial charge in [-0.25, -0.2) is 4.90 Å². The summed E-state index contributed by atoms with van der Waals surface area (Å²) in [4.78, 5) is 28.8. The van der Waals surface area contributed by atoms with Crippen LogP contribution in [0.4, 0.5) is 5.69 Å². The maximum absolute atomic E-state index is 14.0. The lowest BCUT2D eigenvalue weighted by Gasteiger charge is -2.33. The van der Waals surface area contributed by atoms with E-state index in [1.54, 1.807) is 0 Å². The summed E-state index contributed by atoms with van der Waals surface area (Å²) < 4.78 is 0. The number of nitrogens with zero attached hydrogens (tertiary/aromatic N) is 1. The zero-order valence-corrected chi connectivity index (χ0v) is 15.3. The summed E-state index contributed by atoms with van der Waals surface area (Å²) in [5.74, 6) is -0.724. The maximum Gasteiger partial charge on any atom is 0.247 e. The number of anilines is 1. The van der Waals surface area contributed by atoms with E-state index < -0.39 is 11.3 Å². The summed E-state index contributed by atoms with van der Waals surface area (Å²) in [6, 6.07) is 28.7. The normalized spacial score (nSPS) is 26.5. The van der Waals surface area contributed by atoms with Crippen molar-refractivity contribution in [2.24, 2.45) is 5.92 Å². The van der Waals surface area contributed by atoms with Crippen LogP contribution in [0, 0.1) is 5.92 Å². The van der Waals surface area contributed by atoms with Gasteiger partial charge in [0.15, 0.2) is 0 Å². The molecule has 2 aliphatic heterocycles. The van der Waals surface area contributed by atoms with Crippen LogP contribution in [0.2, 0.25) is 0 Å². The number of imide groups is 1. The lowest BCUT2D eigenvalue weighted by Crippen LogP contribution is -2.45. The Balaban J connectivity index is 1.73. The lowest BCUT2D eigenvalue weighted by atomic mass is 9.67. The molecule has 0 aliphatic carbocycles. The summed E-state index contributed by atoms with van der Waals surface area (Å²) in [5.41, 5.74) is 1.59. The molecule has 1 N–H and O–H groups in total. The molecule has 28 heavy (non-hydrogen) atoms. The minimum absolute atomic E-state index is 0.133. The molecule has 0 radical (unpaired) electrons. The van der Waals surface area contributed by atoms with Crippen molar-refractivity contribution in [2.75, 3.05) is 11.4 Å². The third kappa shape index (κ3) is 2.21. The molecule has 0 bridgehead atoms. The van der Waals surface area contributed by atoms with Crippen LogP contribution in [-0.4, -0.2) is 18.4 Å². The molecule has 138 valence electrons. The zero-order chi connectivity index (χ0) is 19.1. The molecule has 4 nitrogen and oxygen atoms in total. The van der Waals surface area contributed by atoms with Crippen molar-refractivity contribution in [3.05, 3.63) is 102 Å². The van der Waals surface area contributed by atoms with Crippen molar-refractivity contribution in [3.8, 4) is 0 Å². The smallest absolute Gasteiger partial charge is 0.247 e. The van der Waals surface area contributed by atoms with Crippen LogP contribution in [0.3, 0.4) is 0 Å². The fraction of sp³-hybridized carbons (Fsp3) is 0.167. The monoisotopic (exact) mass is 368 g/mol. The molecule has 0 spiro atoms. The van der Waals surface area contributed by atoms with Crippen LogP contribution in [0.15, 0.2) is 91.0 Å². The van der Waals surface area contributed by atoms with Crippen LogP contribution in [-0.2, 0) is 15.0 Å².